The fourth-order valence-corrected chi connectivity index (χ4v) is 4.35. The van der Waals surface area contributed by atoms with E-state index in [2.05, 4.69) is 10.4 Å². The summed E-state index contributed by atoms with van der Waals surface area (Å²) in [6.45, 7) is 0. The summed E-state index contributed by atoms with van der Waals surface area (Å²) in [5, 5.41) is 7.54. The van der Waals surface area contributed by atoms with E-state index in [0.717, 1.165) is 22.7 Å². The van der Waals surface area contributed by atoms with E-state index in [-0.39, 0.29) is 5.91 Å². The van der Waals surface area contributed by atoms with Crippen LogP contribution in [0.5, 0.6) is 11.5 Å². The highest BCUT2D eigenvalue weighted by Gasteiger charge is 2.28. The van der Waals surface area contributed by atoms with Gasteiger partial charge in [0.25, 0.3) is 5.91 Å². The van der Waals surface area contributed by atoms with Gasteiger partial charge in [0.1, 0.15) is 17.3 Å². The predicted molar refractivity (Wildman–Crippen MR) is 107 cm³/mol. The smallest absolute Gasteiger partial charge is 0.256 e. The third-order valence-corrected chi connectivity index (χ3v) is 5.78. The van der Waals surface area contributed by atoms with E-state index in [9.17, 15) is 9.00 Å². The second-order valence-corrected chi connectivity index (χ2v) is 7.75. The molecule has 0 aliphatic carbocycles. The molecule has 1 amide bonds. The number of hydrogen-bond donors (Lipinski definition) is 1. The van der Waals surface area contributed by atoms with Crippen LogP contribution in [0.3, 0.4) is 0 Å². The Morgan fingerprint density at radius 2 is 1.61 bits per heavy atom. The molecule has 1 aliphatic heterocycles. The molecule has 7 nitrogen and oxygen atoms in total. The van der Waals surface area contributed by atoms with Crippen LogP contribution in [0, 0.1) is 0 Å². The Balaban J connectivity index is 1.70. The van der Waals surface area contributed by atoms with Crippen LogP contribution in [0.2, 0.25) is 0 Å². The van der Waals surface area contributed by atoms with Crippen LogP contribution in [0.4, 0.5) is 5.82 Å². The molecule has 2 heterocycles. The van der Waals surface area contributed by atoms with Gasteiger partial charge in [0, 0.05) is 21.9 Å². The predicted octanol–water partition coefficient (Wildman–Crippen LogP) is 2.90. The molecular formula is C20H19N3O4S. The van der Waals surface area contributed by atoms with Gasteiger partial charge in [-0.25, -0.2) is 4.68 Å². The lowest BCUT2D eigenvalue weighted by molar-refractivity contribution is 0.102. The molecule has 8 heteroatoms. The summed E-state index contributed by atoms with van der Waals surface area (Å²) in [5.74, 6) is 2.46. The number of benzene rings is 2. The Morgan fingerprint density at radius 3 is 2.21 bits per heavy atom. The van der Waals surface area contributed by atoms with E-state index in [4.69, 9.17) is 9.47 Å². The largest absolute Gasteiger partial charge is 0.497 e. The molecule has 1 aromatic heterocycles. The van der Waals surface area contributed by atoms with Crippen LogP contribution in [-0.4, -0.2) is 34.1 Å². The van der Waals surface area contributed by atoms with Crippen LogP contribution >= 0.6 is 0 Å². The average Bonchev–Trinajstić information content (AvgIpc) is 3.25. The Labute approximate surface area is 164 Å². The van der Waals surface area contributed by atoms with E-state index in [1.165, 1.54) is 0 Å². The quantitative estimate of drug-likeness (QED) is 0.716. The van der Waals surface area contributed by atoms with Gasteiger partial charge in [0.05, 0.1) is 37.1 Å². The number of carbonyl (C=O) groups is 1. The molecule has 0 spiro atoms. The van der Waals surface area contributed by atoms with Gasteiger partial charge in [0.2, 0.25) is 0 Å². The zero-order valence-electron chi connectivity index (χ0n) is 15.5. The Bertz CT molecular complexity index is 1040. The van der Waals surface area contributed by atoms with Crippen molar-refractivity contribution in [3.05, 3.63) is 65.4 Å². The number of rotatable bonds is 5. The Hall–Kier alpha value is -3.13. The topological polar surface area (TPSA) is 82.4 Å². The number of methoxy groups -OCH3 is 2. The summed E-state index contributed by atoms with van der Waals surface area (Å²) in [6, 6.07) is 14.2. The third-order valence-electron chi connectivity index (χ3n) is 4.57. The summed E-state index contributed by atoms with van der Waals surface area (Å²) in [7, 11) is 2.18. The molecule has 28 heavy (non-hydrogen) atoms. The van der Waals surface area contributed by atoms with Gasteiger partial charge in [0.15, 0.2) is 0 Å². The maximum atomic E-state index is 12.8. The van der Waals surface area contributed by atoms with Crippen molar-refractivity contribution in [2.75, 3.05) is 19.5 Å². The van der Waals surface area contributed by atoms with Crippen LogP contribution in [-0.2, 0) is 22.3 Å². The molecule has 1 N–H and O–H groups in total. The SMILES string of the molecule is COc1ccc(C(=O)Nc2c3c(nn2-c2ccc(OC)cc2)C[S@](=O)C3)cc1. The van der Waals surface area contributed by atoms with E-state index in [1.807, 2.05) is 24.3 Å². The maximum Gasteiger partial charge on any atom is 0.256 e. The summed E-state index contributed by atoms with van der Waals surface area (Å²) >= 11 is 0. The minimum atomic E-state index is -0.996. The lowest BCUT2D eigenvalue weighted by Gasteiger charge is -2.12. The Kier molecular flexibility index (Phi) is 4.87. The number of anilines is 1. The molecule has 0 saturated carbocycles. The minimum absolute atomic E-state index is 0.266. The third kappa shape index (κ3) is 3.38. The highest BCUT2D eigenvalue weighted by molar-refractivity contribution is 7.83. The molecule has 0 fully saturated rings. The zero-order chi connectivity index (χ0) is 19.7. The fraction of sp³-hybridized carbons (Fsp3) is 0.200. The second-order valence-electron chi connectivity index (χ2n) is 6.29. The summed E-state index contributed by atoms with van der Waals surface area (Å²) < 4.78 is 24.0. The van der Waals surface area contributed by atoms with Gasteiger partial charge >= 0.3 is 0 Å². The molecule has 0 unspecified atom stereocenters. The van der Waals surface area contributed by atoms with Gasteiger partial charge in [-0.3, -0.25) is 9.00 Å². The van der Waals surface area contributed by atoms with E-state index in [1.54, 1.807) is 43.2 Å². The number of fused-ring (bicyclic) bond motifs is 1. The standard InChI is InChI=1S/C20H19N3O4S/c1-26-15-7-3-13(4-8-15)20(24)21-19-17-11-28(25)12-18(17)22-23(19)14-5-9-16(27-2)10-6-14/h3-10H,11-12H2,1-2H3,(H,21,24)/t28-/m1/s1. The van der Waals surface area contributed by atoms with Crippen LogP contribution in [0.15, 0.2) is 48.5 Å². The first kappa shape index (κ1) is 18.2. The number of carbonyl (C=O) groups excluding carboxylic acids is 1. The number of nitrogens with zero attached hydrogens (tertiary/aromatic N) is 2. The van der Waals surface area contributed by atoms with Crippen molar-refractivity contribution in [1.29, 1.82) is 0 Å². The van der Waals surface area contributed by atoms with Crippen molar-refractivity contribution in [3.63, 3.8) is 0 Å². The normalized spacial score (nSPS) is 15.1. The van der Waals surface area contributed by atoms with Crippen molar-refractivity contribution in [1.82, 2.24) is 9.78 Å². The maximum absolute atomic E-state index is 12.8. The van der Waals surface area contributed by atoms with Crippen molar-refractivity contribution >= 4 is 22.5 Å². The van der Waals surface area contributed by atoms with Crippen LogP contribution < -0.4 is 14.8 Å². The van der Waals surface area contributed by atoms with E-state index >= 15 is 0 Å². The lowest BCUT2D eigenvalue weighted by atomic mass is 10.2. The number of amides is 1. The number of hydrogen-bond acceptors (Lipinski definition) is 5. The zero-order valence-corrected chi connectivity index (χ0v) is 16.3. The van der Waals surface area contributed by atoms with Gasteiger partial charge < -0.3 is 14.8 Å². The van der Waals surface area contributed by atoms with Crippen LogP contribution in [0.1, 0.15) is 21.6 Å². The molecule has 0 radical (unpaired) electrons. The molecule has 1 atom stereocenters. The molecule has 0 bridgehead atoms. The first-order chi connectivity index (χ1) is 13.6. The van der Waals surface area contributed by atoms with Gasteiger partial charge in [-0.15, -0.1) is 0 Å². The van der Waals surface area contributed by atoms with Crippen molar-refractivity contribution in [2.24, 2.45) is 0 Å². The summed E-state index contributed by atoms with van der Waals surface area (Å²) in [5.41, 5.74) is 2.84. The average molecular weight is 397 g/mol. The first-order valence-electron chi connectivity index (χ1n) is 8.64. The fourth-order valence-electron chi connectivity index (χ4n) is 3.09. The molecule has 4 rings (SSSR count). The monoisotopic (exact) mass is 397 g/mol. The minimum Gasteiger partial charge on any atom is -0.497 e. The van der Waals surface area contributed by atoms with Gasteiger partial charge in [-0.1, -0.05) is 0 Å². The van der Waals surface area contributed by atoms with Gasteiger partial charge in [-0.05, 0) is 48.5 Å². The first-order valence-corrected chi connectivity index (χ1v) is 10.1. The summed E-state index contributed by atoms with van der Waals surface area (Å²) in [4.78, 5) is 12.8. The van der Waals surface area contributed by atoms with E-state index in [0.29, 0.717) is 28.6 Å². The number of aromatic nitrogens is 2. The lowest BCUT2D eigenvalue weighted by Crippen LogP contribution is -2.16. The molecular weight excluding hydrogens is 378 g/mol. The number of nitrogens with one attached hydrogen (secondary N) is 1. The van der Waals surface area contributed by atoms with E-state index < -0.39 is 10.8 Å². The van der Waals surface area contributed by atoms with Crippen molar-refractivity contribution < 1.29 is 18.5 Å². The molecule has 3 aromatic rings. The van der Waals surface area contributed by atoms with Crippen molar-refractivity contribution in [2.45, 2.75) is 11.5 Å². The highest BCUT2D eigenvalue weighted by Crippen LogP contribution is 2.32. The van der Waals surface area contributed by atoms with Gasteiger partial charge in [-0.2, -0.15) is 5.10 Å². The molecule has 2 aromatic carbocycles. The Morgan fingerprint density at radius 1 is 1.00 bits per heavy atom. The van der Waals surface area contributed by atoms with Crippen molar-refractivity contribution in [3.8, 4) is 17.2 Å². The highest BCUT2D eigenvalue weighted by atomic mass is 32.2. The number of ether oxygens (including phenoxy) is 2. The van der Waals surface area contributed by atoms with Crippen LogP contribution in [0.25, 0.3) is 5.69 Å². The molecule has 144 valence electrons. The second kappa shape index (κ2) is 7.47. The molecule has 0 saturated heterocycles. The molecule has 1 aliphatic rings. The summed E-state index contributed by atoms with van der Waals surface area (Å²) in [6.07, 6.45) is 0.